The zero-order chi connectivity index (χ0) is 20.5. The lowest BCUT2D eigenvalue weighted by molar-refractivity contribution is 0.340. The monoisotopic (exact) mass is 445 g/mol. The summed E-state index contributed by atoms with van der Waals surface area (Å²) in [5.74, 6) is 0.401. The second-order valence-electron chi connectivity index (χ2n) is 6.00. The van der Waals surface area contributed by atoms with Gasteiger partial charge in [0.1, 0.15) is 16.3 Å². The first kappa shape index (κ1) is 19.8. The summed E-state index contributed by atoms with van der Waals surface area (Å²) >= 11 is 8.10. The van der Waals surface area contributed by atoms with E-state index in [1.165, 1.54) is 39.8 Å². The summed E-state index contributed by atoms with van der Waals surface area (Å²) in [6.45, 7) is 2.51. The Morgan fingerprint density at radius 3 is 2.34 bits per heavy atom. The smallest absolute Gasteiger partial charge is 0.278 e. The minimum absolute atomic E-state index is 0.230. The lowest BCUT2D eigenvalue weighted by Crippen LogP contribution is -2.21. The molecule has 0 N–H and O–H groups in total. The fourth-order valence-corrected chi connectivity index (χ4v) is 4.83. The Labute approximate surface area is 179 Å². The van der Waals surface area contributed by atoms with E-state index in [9.17, 15) is 9.18 Å². The van der Waals surface area contributed by atoms with E-state index in [4.69, 9.17) is 21.9 Å². The van der Waals surface area contributed by atoms with Gasteiger partial charge in [-0.15, -0.1) is 0 Å². The van der Waals surface area contributed by atoms with Crippen molar-refractivity contribution in [1.82, 2.24) is 14.1 Å². The van der Waals surface area contributed by atoms with Crippen molar-refractivity contribution in [3.63, 3.8) is 0 Å². The number of thioether (sulfide) groups is 1. The molecule has 2 aromatic carbocycles. The van der Waals surface area contributed by atoms with E-state index in [2.05, 4.69) is 0 Å². The van der Waals surface area contributed by atoms with Crippen LogP contribution in [0.2, 0.25) is 0 Å². The number of aromatic nitrogens is 3. The maximum Gasteiger partial charge on any atom is 0.278 e. The van der Waals surface area contributed by atoms with Crippen LogP contribution in [0.5, 0.6) is 5.75 Å². The molecule has 5 nitrogen and oxygen atoms in total. The molecule has 0 atom stereocenters. The summed E-state index contributed by atoms with van der Waals surface area (Å²) in [4.78, 5) is 18.0. The molecule has 29 heavy (non-hydrogen) atoms. The van der Waals surface area contributed by atoms with Gasteiger partial charge in [-0.25, -0.2) is 9.37 Å². The number of benzene rings is 2. The van der Waals surface area contributed by atoms with Crippen LogP contribution in [0.15, 0.2) is 58.5 Å². The molecule has 0 spiro atoms. The second kappa shape index (κ2) is 8.10. The van der Waals surface area contributed by atoms with E-state index in [0.29, 0.717) is 31.8 Å². The lowest BCUT2D eigenvalue weighted by atomic mass is 10.3. The molecule has 4 rings (SSSR count). The molecule has 0 radical (unpaired) electrons. The molecular formula is C20H16FN3O2S3. The minimum atomic E-state index is -0.362. The second-order valence-corrected chi connectivity index (χ2v) is 8.42. The Morgan fingerprint density at radius 2 is 1.72 bits per heavy atom. The van der Waals surface area contributed by atoms with Gasteiger partial charge in [0, 0.05) is 5.69 Å². The fourth-order valence-electron chi connectivity index (χ4n) is 2.98. The first-order valence-electron chi connectivity index (χ1n) is 8.75. The summed E-state index contributed by atoms with van der Waals surface area (Å²) < 4.78 is 23.1. The minimum Gasteiger partial charge on any atom is -0.494 e. The number of halogens is 1. The highest BCUT2D eigenvalue weighted by Gasteiger charge is 2.18. The van der Waals surface area contributed by atoms with E-state index >= 15 is 0 Å². The van der Waals surface area contributed by atoms with Gasteiger partial charge in [-0.05, 0) is 73.9 Å². The van der Waals surface area contributed by atoms with E-state index in [0.717, 1.165) is 11.4 Å². The van der Waals surface area contributed by atoms with Gasteiger partial charge in [0.2, 0.25) is 0 Å². The van der Waals surface area contributed by atoms with E-state index < -0.39 is 0 Å². The molecule has 0 fully saturated rings. The standard InChI is InChI=1S/C20H16FN3O2S3/c1-3-26-15-10-8-13(9-11-15)23-17-16(29-20(23)27)18(25)24(19(22-17)28-2)14-6-4-12(21)5-7-14/h4-11H,3H2,1-2H3. The Balaban J connectivity index is 1.94. The third-order valence-corrected chi connectivity index (χ3v) is 6.24. The molecule has 2 heterocycles. The molecule has 9 heteroatoms. The highest BCUT2D eigenvalue weighted by Crippen LogP contribution is 2.27. The van der Waals surface area contributed by atoms with Gasteiger partial charge in [0.25, 0.3) is 5.56 Å². The van der Waals surface area contributed by atoms with Crippen LogP contribution in [0.3, 0.4) is 0 Å². The normalized spacial score (nSPS) is 11.1. The molecule has 0 saturated heterocycles. The number of fused-ring (bicyclic) bond motifs is 1. The van der Waals surface area contributed by atoms with Crippen LogP contribution in [-0.2, 0) is 0 Å². The van der Waals surface area contributed by atoms with Crippen LogP contribution in [-0.4, -0.2) is 27.0 Å². The van der Waals surface area contributed by atoms with Crippen LogP contribution in [0.4, 0.5) is 4.39 Å². The van der Waals surface area contributed by atoms with Crippen molar-refractivity contribution in [3.8, 4) is 17.1 Å². The van der Waals surface area contributed by atoms with Crippen LogP contribution < -0.4 is 10.3 Å². The van der Waals surface area contributed by atoms with Crippen LogP contribution in [0, 0.1) is 9.77 Å². The number of hydrogen-bond acceptors (Lipinski definition) is 6. The largest absolute Gasteiger partial charge is 0.494 e. The van der Waals surface area contributed by atoms with Crippen molar-refractivity contribution in [1.29, 1.82) is 0 Å². The van der Waals surface area contributed by atoms with E-state index in [1.54, 1.807) is 16.7 Å². The fraction of sp³-hybridized carbons (Fsp3) is 0.150. The molecule has 148 valence electrons. The summed E-state index contributed by atoms with van der Waals surface area (Å²) in [5.41, 5.74) is 1.65. The summed E-state index contributed by atoms with van der Waals surface area (Å²) in [6.07, 6.45) is 1.84. The molecule has 0 bridgehead atoms. The maximum absolute atomic E-state index is 13.3. The van der Waals surface area contributed by atoms with E-state index in [1.807, 2.05) is 37.4 Å². The van der Waals surface area contributed by atoms with Crippen molar-refractivity contribution in [2.45, 2.75) is 12.1 Å². The van der Waals surface area contributed by atoms with Gasteiger partial charge in [-0.3, -0.25) is 13.9 Å². The van der Waals surface area contributed by atoms with Crippen LogP contribution in [0.1, 0.15) is 6.92 Å². The van der Waals surface area contributed by atoms with Crippen molar-refractivity contribution < 1.29 is 9.13 Å². The van der Waals surface area contributed by atoms with E-state index in [-0.39, 0.29) is 11.4 Å². The highest BCUT2D eigenvalue weighted by atomic mass is 32.2. The number of nitrogens with zero attached hydrogens (tertiary/aromatic N) is 3. The molecule has 0 aliphatic heterocycles. The first-order chi connectivity index (χ1) is 14.0. The average molecular weight is 446 g/mol. The molecular weight excluding hydrogens is 429 g/mol. The summed E-state index contributed by atoms with van der Waals surface area (Å²) in [5, 5.41) is 0.501. The number of rotatable bonds is 5. The van der Waals surface area contributed by atoms with Crippen molar-refractivity contribution in [2.24, 2.45) is 0 Å². The SMILES string of the molecule is CCOc1ccc(-n2c(=S)sc3c(=O)n(-c4ccc(F)cc4)c(SC)nc32)cc1. The predicted octanol–water partition coefficient (Wildman–Crippen LogP) is 5.23. The third-order valence-electron chi connectivity index (χ3n) is 4.25. The zero-order valence-corrected chi connectivity index (χ0v) is 18.0. The molecule has 0 aliphatic rings. The Bertz CT molecular complexity index is 1290. The number of ether oxygens (including phenoxy) is 1. The molecule has 0 saturated carbocycles. The Kier molecular flexibility index (Phi) is 5.53. The highest BCUT2D eigenvalue weighted by molar-refractivity contribution is 7.98. The first-order valence-corrected chi connectivity index (χ1v) is 11.2. The molecule has 0 aliphatic carbocycles. The molecule has 0 amide bonds. The van der Waals surface area contributed by atoms with Gasteiger partial charge in [0.15, 0.2) is 14.8 Å². The number of hydrogen-bond donors (Lipinski definition) is 0. The van der Waals surface area contributed by atoms with Gasteiger partial charge in [-0.1, -0.05) is 23.1 Å². The lowest BCUT2D eigenvalue weighted by Gasteiger charge is -2.12. The third kappa shape index (κ3) is 3.61. The van der Waals surface area contributed by atoms with Crippen molar-refractivity contribution in [2.75, 3.05) is 12.9 Å². The maximum atomic E-state index is 13.3. The van der Waals surface area contributed by atoms with Crippen LogP contribution >= 0.6 is 35.3 Å². The summed E-state index contributed by atoms with van der Waals surface area (Å²) in [7, 11) is 0. The molecule has 0 unspecified atom stereocenters. The molecule has 4 aromatic rings. The average Bonchev–Trinajstić information content (AvgIpc) is 3.06. The Morgan fingerprint density at radius 1 is 1.10 bits per heavy atom. The predicted molar refractivity (Wildman–Crippen MR) is 118 cm³/mol. The Hall–Kier alpha value is -2.49. The summed E-state index contributed by atoms with van der Waals surface area (Å²) in [6, 6.07) is 13.3. The zero-order valence-electron chi connectivity index (χ0n) is 15.6. The topological polar surface area (TPSA) is 49.0 Å². The van der Waals surface area contributed by atoms with Crippen LogP contribution in [0.25, 0.3) is 21.7 Å². The molecule has 2 aromatic heterocycles. The van der Waals surface area contributed by atoms with Crippen molar-refractivity contribution in [3.05, 3.63) is 68.7 Å². The van der Waals surface area contributed by atoms with Gasteiger partial charge >= 0.3 is 0 Å². The van der Waals surface area contributed by atoms with Gasteiger partial charge in [0.05, 0.1) is 12.3 Å². The quantitative estimate of drug-likeness (QED) is 0.239. The van der Waals surface area contributed by atoms with Crippen molar-refractivity contribution >= 4 is 45.7 Å². The van der Waals surface area contributed by atoms with Gasteiger partial charge in [-0.2, -0.15) is 0 Å². The number of thiazole rings is 1. The van der Waals surface area contributed by atoms with Gasteiger partial charge < -0.3 is 4.74 Å².